The molecule has 0 aliphatic heterocycles. The Morgan fingerprint density at radius 1 is 1.48 bits per heavy atom. The van der Waals surface area contributed by atoms with Gasteiger partial charge in [-0.2, -0.15) is 0 Å². The van der Waals surface area contributed by atoms with Crippen LogP contribution in [0.4, 0.5) is 5.69 Å². The molecule has 1 amide bonds. The van der Waals surface area contributed by atoms with E-state index in [1.165, 1.54) is 0 Å². The molecule has 0 spiro atoms. The highest BCUT2D eigenvalue weighted by Crippen LogP contribution is 2.20. The molecule has 1 aromatic heterocycles. The van der Waals surface area contributed by atoms with Gasteiger partial charge in [0.15, 0.2) is 0 Å². The fourth-order valence-corrected chi connectivity index (χ4v) is 1.83. The minimum absolute atomic E-state index is 0.149. The van der Waals surface area contributed by atoms with Crippen molar-refractivity contribution in [1.29, 1.82) is 0 Å². The van der Waals surface area contributed by atoms with Crippen LogP contribution in [0.1, 0.15) is 12.0 Å². The number of rotatable bonds is 4. The van der Waals surface area contributed by atoms with Gasteiger partial charge < -0.3 is 11.1 Å². The zero-order valence-corrected chi connectivity index (χ0v) is 12.0. The number of carbonyl (C=O) groups is 1. The van der Waals surface area contributed by atoms with Gasteiger partial charge in [-0.25, -0.2) is 0 Å². The molecule has 0 radical (unpaired) electrons. The second kappa shape index (κ2) is 7.43. The lowest BCUT2D eigenvalue weighted by molar-refractivity contribution is -0.116. The number of hydrogen-bond donors (Lipinski definition) is 2. The number of amides is 1. The molecule has 0 saturated heterocycles. The average Bonchev–Trinajstić information content (AvgIpc) is 2.98. The molecule has 1 heterocycles. The zero-order chi connectivity index (χ0) is 15.1. The average molecular weight is 304 g/mol. The van der Waals surface area contributed by atoms with E-state index in [1.54, 1.807) is 35.3 Å². The van der Waals surface area contributed by atoms with E-state index in [1.807, 2.05) is 0 Å². The third kappa shape index (κ3) is 4.60. The van der Waals surface area contributed by atoms with Crippen molar-refractivity contribution in [1.82, 2.24) is 15.0 Å². The Hall–Kier alpha value is -2.36. The number of aromatic nitrogens is 3. The van der Waals surface area contributed by atoms with Gasteiger partial charge in [-0.3, -0.25) is 9.48 Å². The molecule has 0 aliphatic carbocycles. The maximum atomic E-state index is 12.0. The van der Waals surface area contributed by atoms with E-state index in [9.17, 15) is 4.79 Å². The van der Waals surface area contributed by atoms with E-state index >= 15 is 0 Å². The van der Waals surface area contributed by atoms with Crippen molar-refractivity contribution in [3.8, 4) is 11.8 Å². The van der Waals surface area contributed by atoms with Crippen LogP contribution in [0.15, 0.2) is 30.6 Å². The van der Waals surface area contributed by atoms with Crippen molar-refractivity contribution >= 4 is 23.2 Å². The van der Waals surface area contributed by atoms with E-state index in [0.29, 0.717) is 22.8 Å². The summed E-state index contributed by atoms with van der Waals surface area (Å²) in [5.41, 5.74) is 6.61. The Morgan fingerprint density at radius 2 is 2.33 bits per heavy atom. The van der Waals surface area contributed by atoms with E-state index in [0.717, 1.165) is 0 Å². The molecular formula is C14H14ClN5O. The lowest BCUT2D eigenvalue weighted by Gasteiger charge is -2.08. The number of nitrogens with two attached hydrogens (primary N) is 1. The largest absolute Gasteiger partial charge is 0.325 e. The second-order valence-electron chi connectivity index (χ2n) is 4.16. The summed E-state index contributed by atoms with van der Waals surface area (Å²) in [6.45, 7) is 0.707. The van der Waals surface area contributed by atoms with Crippen molar-refractivity contribution in [2.45, 2.75) is 13.0 Å². The van der Waals surface area contributed by atoms with E-state index in [2.05, 4.69) is 27.5 Å². The van der Waals surface area contributed by atoms with Crippen molar-refractivity contribution in [2.75, 3.05) is 11.9 Å². The van der Waals surface area contributed by atoms with E-state index in [4.69, 9.17) is 17.3 Å². The van der Waals surface area contributed by atoms with Gasteiger partial charge in [0.2, 0.25) is 5.91 Å². The van der Waals surface area contributed by atoms with E-state index in [-0.39, 0.29) is 18.9 Å². The van der Waals surface area contributed by atoms with Gasteiger partial charge in [0.25, 0.3) is 0 Å². The number of aryl methyl sites for hydroxylation is 1. The van der Waals surface area contributed by atoms with Gasteiger partial charge in [-0.15, -0.1) is 5.10 Å². The first-order valence-corrected chi connectivity index (χ1v) is 6.69. The Labute approximate surface area is 127 Å². The van der Waals surface area contributed by atoms with Crippen molar-refractivity contribution in [3.63, 3.8) is 0 Å². The molecule has 0 unspecified atom stereocenters. The summed E-state index contributed by atoms with van der Waals surface area (Å²) < 4.78 is 1.59. The maximum absolute atomic E-state index is 12.0. The van der Waals surface area contributed by atoms with E-state index < -0.39 is 0 Å². The highest BCUT2D eigenvalue weighted by Gasteiger charge is 2.07. The highest BCUT2D eigenvalue weighted by molar-refractivity contribution is 6.31. The van der Waals surface area contributed by atoms with Crippen LogP contribution in [0.2, 0.25) is 5.02 Å². The molecule has 0 saturated carbocycles. The smallest absolute Gasteiger partial charge is 0.226 e. The van der Waals surface area contributed by atoms with Gasteiger partial charge in [-0.1, -0.05) is 28.7 Å². The minimum Gasteiger partial charge on any atom is -0.325 e. The molecule has 6 nitrogen and oxygen atoms in total. The Kier molecular flexibility index (Phi) is 5.32. The number of nitrogens with zero attached hydrogens (tertiary/aromatic N) is 3. The quantitative estimate of drug-likeness (QED) is 0.833. The SMILES string of the molecule is NCC#Cc1ccc(Cl)cc1NC(=O)CCn1ccnn1. The molecular weight excluding hydrogens is 290 g/mol. The summed E-state index contributed by atoms with van der Waals surface area (Å²) in [4.78, 5) is 12.0. The number of carbonyl (C=O) groups excluding carboxylic acids is 1. The number of benzene rings is 1. The van der Waals surface area contributed by atoms with Crippen LogP contribution in [-0.2, 0) is 11.3 Å². The fourth-order valence-electron chi connectivity index (χ4n) is 1.66. The van der Waals surface area contributed by atoms with Crippen molar-refractivity contribution < 1.29 is 4.79 Å². The normalized spacial score (nSPS) is 9.81. The van der Waals surface area contributed by atoms with Crippen LogP contribution >= 0.6 is 11.6 Å². The van der Waals surface area contributed by atoms with Crippen LogP contribution in [0.25, 0.3) is 0 Å². The molecule has 2 rings (SSSR count). The van der Waals surface area contributed by atoms with Gasteiger partial charge in [0.1, 0.15) is 0 Å². The predicted molar refractivity (Wildman–Crippen MR) is 80.7 cm³/mol. The van der Waals surface area contributed by atoms with Gasteiger partial charge in [0.05, 0.1) is 25.0 Å². The second-order valence-corrected chi connectivity index (χ2v) is 4.60. The zero-order valence-electron chi connectivity index (χ0n) is 11.2. The van der Waals surface area contributed by atoms with Crippen LogP contribution < -0.4 is 11.1 Å². The number of hydrogen-bond acceptors (Lipinski definition) is 4. The summed E-state index contributed by atoms with van der Waals surface area (Å²) >= 11 is 5.95. The molecule has 1 aromatic carbocycles. The summed E-state index contributed by atoms with van der Waals surface area (Å²) in [5.74, 6) is 5.50. The van der Waals surface area contributed by atoms with Gasteiger partial charge in [0, 0.05) is 23.2 Å². The standard InChI is InChI=1S/C14H14ClN5O/c15-12-4-3-11(2-1-6-16)13(10-12)18-14(21)5-8-20-9-7-17-19-20/h3-4,7,9-10H,5-6,8,16H2,(H,18,21). The van der Waals surface area contributed by atoms with Crippen LogP contribution in [0.5, 0.6) is 0 Å². The third-order valence-electron chi connectivity index (χ3n) is 2.62. The predicted octanol–water partition coefficient (Wildman–Crippen LogP) is 1.27. The van der Waals surface area contributed by atoms with Crippen molar-refractivity contribution in [2.24, 2.45) is 5.73 Å². The monoisotopic (exact) mass is 303 g/mol. The number of nitrogens with one attached hydrogen (secondary N) is 1. The lowest BCUT2D eigenvalue weighted by atomic mass is 10.1. The molecule has 108 valence electrons. The molecule has 0 bridgehead atoms. The number of anilines is 1. The molecule has 2 aromatic rings. The summed E-state index contributed by atoms with van der Waals surface area (Å²) in [6.07, 6.45) is 3.54. The van der Waals surface area contributed by atoms with Gasteiger partial charge in [-0.05, 0) is 18.2 Å². The summed E-state index contributed by atoms with van der Waals surface area (Å²) in [6, 6.07) is 5.13. The molecule has 0 atom stereocenters. The Morgan fingerprint density at radius 3 is 3.05 bits per heavy atom. The Balaban J connectivity index is 2.03. The first-order chi connectivity index (χ1) is 10.2. The maximum Gasteiger partial charge on any atom is 0.226 e. The topological polar surface area (TPSA) is 85.8 Å². The molecule has 3 N–H and O–H groups in total. The van der Waals surface area contributed by atoms with Crippen LogP contribution in [0, 0.1) is 11.8 Å². The molecule has 21 heavy (non-hydrogen) atoms. The highest BCUT2D eigenvalue weighted by atomic mass is 35.5. The third-order valence-corrected chi connectivity index (χ3v) is 2.86. The molecule has 0 fully saturated rings. The lowest BCUT2D eigenvalue weighted by Crippen LogP contribution is -2.15. The summed E-state index contributed by atoms with van der Waals surface area (Å²) in [5, 5.41) is 10.8. The number of halogens is 1. The van der Waals surface area contributed by atoms with Crippen LogP contribution in [-0.4, -0.2) is 27.4 Å². The first-order valence-electron chi connectivity index (χ1n) is 6.31. The minimum atomic E-state index is -0.149. The summed E-state index contributed by atoms with van der Waals surface area (Å²) in [7, 11) is 0. The molecule has 0 aliphatic rings. The van der Waals surface area contributed by atoms with Crippen molar-refractivity contribution in [3.05, 3.63) is 41.2 Å². The molecule has 7 heteroatoms. The Bertz CT molecular complexity index is 672. The first kappa shape index (κ1) is 15.0. The van der Waals surface area contributed by atoms with Gasteiger partial charge >= 0.3 is 0 Å². The van der Waals surface area contributed by atoms with Crippen LogP contribution in [0.3, 0.4) is 0 Å². The fraction of sp³-hybridized carbons (Fsp3) is 0.214.